The average Bonchev–Trinajstić information content (AvgIpc) is 2.99. The summed E-state index contributed by atoms with van der Waals surface area (Å²) >= 11 is 0. The standard InChI is InChI=1S/C15H18N2O/c1-17-9-5-8-14(17)15-11-13(16-18-15)10-12-6-3-2-4-7-12/h2-4,6-7,11,14H,5,8-10H2,1H3/t14-/m1/s1. The van der Waals surface area contributed by atoms with E-state index in [1.54, 1.807) is 0 Å². The Bertz CT molecular complexity index is 506. The van der Waals surface area contributed by atoms with Crippen LogP contribution in [0.4, 0.5) is 0 Å². The summed E-state index contributed by atoms with van der Waals surface area (Å²) in [4.78, 5) is 2.34. The molecule has 1 fully saturated rings. The number of rotatable bonds is 3. The molecule has 1 aromatic carbocycles. The van der Waals surface area contributed by atoms with Crippen molar-refractivity contribution in [1.82, 2.24) is 10.1 Å². The Kier molecular flexibility index (Phi) is 3.15. The van der Waals surface area contributed by atoms with E-state index in [9.17, 15) is 0 Å². The lowest BCUT2D eigenvalue weighted by molar-refractivity contribution is 0.251. The predicted molar refractivity (Wildman–Crippen MR) is 70.4 cm³/mol. The first-order chi connectivity index (χ1) is 8.83. The Morgan fingerprint density at radius 1 is 1.33 bits per heavy atom. The highest BCUT2D eigenvalue weighted by atomic mass is 16.5. The maximum atomic E-state index is 5.50. The number of hydrogen-bond donors (Lipinski definition) is 0. The molecule has 1 aliphatic rings. The van der Waals surface area contributed by atoms with Crippen LogP contribution in [0.15, 0.2) is 40.9 Å². The van der Waals surface area contributed by atoms with E-state index < -0.39 is 0 Å². The zero-order valence-corrected chi connectivity index (χ0v) is 10.7. The lowest BCUT2D eigenvalue weighted by Gasteiger charge is -2.15. The van der Waals surface area contributed by atoms with Gasteiger partial charge >= 0.3 is 0 Å². The van der Waals surface area contributed by atoms with Crippen molar-refractivity contribution < 1.29 is 4.52 Å². The molecular formula is C15H18N2O. The second-order valence-corrected chi connectivity index (χ2v) is 5.02. The molecule has 94 valence electrons. The van der Waals surface area contributed by atoms with Gasteiger partial charge in [-0.2, -0.15) is 0 Å². The lowest BCUT2D eigenvalue weighted by Crippen LogP contribution is -2.16. The van der Waals surface area contributed by atoms with Crippen LogP contribution in [0.2, 0.25) is 0 Å². The van der Waals surface area contributed by atoms with Gasteiger partial charge in [0.2, 0.25) is 0 Å². The van der Waals surface area contributed by atoms with Crippen molar-refractivity contribution >= 4 is 0 Å². The second kappa shape index (κ2) is 4.94. The summed E-state index contributed by atoms with van der Waals surface area (Å²) in [6.07, 6.45) is 3.27. The number of aromatic nitrogens is 1. The van der Waals surface area contributed by atoms with Gasteiger partial charge in [0.05, 0.1) is 11.7 Å². The molecule has 1 aromatic heterocycles. The van der Waals surface area contributed by atoms with Crippen molar-refractivity contribution in [2.75, 3.05) is 13.6 Å². The predicted octanol–water partition coefficient (Wildman–Crippen LogP) is 3.03. The molecule has 1 saturated heterocycles. The van der Waals surface area contributed by atoms with Gasteiger partial charge in [0.1, 0.15) is 0 Å². The highest BCUT2D eigenvalue weighted by Crippen LogP contribution is 2.30. The van der Waals surface area contributed by atoms with Crippen LogP contribution in [-0.2, 0) is 6.42 Å². The number of hydrogen-bond acceptors (Lipinski definition) is 3. The van der Waals surface area contributed by atoms with Gasteiger partial charge < -0.3 is 4.52 Å². The summed E-state index contributed by atoms with van der Waals surface area (Å²) in [5, 5.41) is 4.19. The van der Waals surface area contributed by atoms with Crippen molar-refractivity contribution in [3.63, 3.8) is 0 Å². The minimum atomic E-state index is 0.419. The zero-order chi connectivity index (χ0) is 12.4. The van der Waals surface area contributed by atoms with Crippen molar-refractivity contribution in [3.05, 3.63) is 53.4 Å². The number of likely N-dealkylation sites (tertiary alicyclic amines) is 1. The Hall–Kier alpha value is -1.61. The molecule has 1 aliphatic heterocycles. The van der Waals surface area contributed by atoms with E-state index in [1.165, 1.54) is 18.4 Å². The topological polar surface area (TPSA) is 29.3 Å². The van der Waals surface area contributed by atoms with Gasteiger partial charge in [0.25, 0.3) is 0 Å². The van der Waals surface area contributed by atoms with Gasteiger partial charge in [-0.3, -0.25) is 4.90 Å². The Morgan fingerprint density at radius 2 is 2.17 bits per heavy atom. The Balaban J connectivity index is 1.74. The lowest BCUT2D eigenvalue weighted by atomic mass is 10.1. The van der Waals surface area contributed by atoms with E-state index in [0.717, 1.165) is 24.4 Å². The molecular weight excluding hydrogens is 224 g/mol. The third-order valence-corrected chi connectivity index (χ3v) is 3.65. The summed E-state index contributed by atoms with van der Waals surface area (Å²) in [6, 6.07) is 12.9. The summed E-state index contributed by atoms with van der Waals surface area (Å²) < 4.78 is 5.50. The monoisotopic (exact) mass is 242 g/mol. The van der Waals surface area contributed by atoms with Crippen molar-refractivity contribution in [3.8, 4) is 0 Å². The van der Waals surface area contributed by atoms with E-state index in [4.69, 9.17) is 4.52 Å². The third-order valence-electron chi connectivity index (χ3n) is 3.65. The molecule has 2 heterocycles. The maximum Gasteiger partial charge on any atom is 0.154 e. The molecule has 0 radical (unpaired) electrons. The zero-order valence-electron chi connectivity index (χ0n) is 10.7. The molecule has 1 atom stereocenters. The first kappa shape index (κ1) is 11.5. The van der Waals surface area contributed by atoms with Gasteiger partial charge in [0.15, 0.2) is 5.76 Å². The molecule has 3 rings (SSSR count). The molecule has 0 saturated carbocycles. The van der Waals surface area contributed by atoms with E-state index in [0.29, 0.717) is 6.04 Å². The molecule has 0 spiro atoms. The molecule has 3 nitrogen and oxygen atoms in total. The van der Waals surface area contributed by atoms with Crippen LogP contribution in [0.3, 0.4) is 0 Å². The molecule has 2 aromatic rings. The van der Waals surface area contributed by atoms with E-state index >= 15 is 0 Å². The van der Waals surface area contributed by atoms with Crippen LogP contribution in [0.25, 0.3) is 0 Å². The van der Waals surface area contributed by atoms with E-state index in [2.05, 4.69) is 47.4 Å². The smallest absolute Gasteiger partial charge is 0.154 e. The summed E-state index contributed by atoms with van der Waals surface area (Å²) in [5.41, 5.74) is 2.30. The SMILES string of the molecule is CN1CCC[C@@H]1c1cc(Cc2ccccc2)no1. The van der Waals surface area contributed by atoms with Gasteiger partial charge in [0, 0.05) is 12.5 Å². The minimum Gasteiger partial charge on any atom is -0.359 e. The van der Waals surface area contributed by atoms with Gasteiger partial charge in [-0.1, -0.05) is 35.5 Å². The fraction of sp³-hybridized carbons (Fsp3) is 0.400. The van der Waals surface area contributed by atoms with Crippen LogP contribution in [0, 0.1) is 0 Å². The van der Waals surface area contributed by atoms with Gasteiger partial charge in [-0.15, -0.1) is 0 Å². The van der Waals surface area contributed by atoms with Gasteiger partial charge in [-0.05, 0) is 32.0 Å². The van der Waals surface area contributed by atoms with Crippen molar-refractivity contribution in [1.29, 1.82) is 0 Å². The van der Waals surface area contributed by atoms with E-state index in [1.807, 2.05) is 6.07 Å². The maximum absolute atomic E-state index is 5.50. The first-order valence-electron chi connectivity index (χ1n) is 6.52. The Morgan fingerprint density at radius 3 is 2.89 bits per heavy atom. The largest absolute Gasteiger partial charge is 0.359 e. The van der Waals surface area contributed by atoms with Crippen LogP contribution >= 0.6 is 0 Å². The quantitative estimate of drug-likeness (QED) is 0.828. The molecule has 0 unspecified atom stereocenters. The van der Waals surface area contributed by atoms with E-state index in [-0.39, 0.29) is 0 Å². The summed E-state index contributed by atoms with van der Waals surface area (Å²) in [7, 11) is 2.15. The number of benzene rings is 1. The molecule has 0 aliphatic carbocycles. The van der Waals surface area contributed by atoms with Crippen molar-refractivity contribution in [2.45, 2.75) is 25.3 Å². The van der Waals surface area contributed by atoms with Crippen LogP contribution in [-0.4, -0.2) is 23.6 Å². The molecule has 0 amide bonds. The molecule has 3 heteroatoms. The van der Waals surface area contributed by atoms with Crippen LogP contribution in [0.5, 0.6) is 0 Å². The van der Waals surface area contributed by atoms with Crippen LogP contribution in [0.1, 0.15) is 35.9 Å². The molecule has 0 bridgehead atoms. The third kappa shape index (κ3) is 2.31. The first-order valence-corrected chi connectivity index (χ1v) is 6.52. The minimum absolute atomic E-state index is 0.419. The highest BCUT2D eigenvalue weighted by molar-refractivity contribution is 5.22. The fourth-order valence-electron chi connectivity index (χ4n) is 2.64. The highest BCUT2D eigenvalue weighted by Gasteiger charge is 2.26. The summed E-state index contributed by atoms with van der Waals surface area (Å²) in [6.45, 7) is 1.15. The van der Waals surface area contributed by atoms with Gasteiger partial charge in [-0.25, -0.2) is 0 Å². The molecule has 18 heavy (non-hydrogen) atoms. The fourth-order valence-corrected chi connectivity index (χ4v) is 2.64. The molecule has 0 N–H and O–H groups in total. The summed E-state index contributed by atoms with van der Waals surface area (Å²) in [5.74, 6) is 1.01. The Labute approximate surface area is 107 Å². The normalized spacial score (nSPS) is 20.4. The van der Waals surface area contributed by atoms with Crippen LogP contribution < -0.4 is 0 Å². The second-order valence-electron chi connectivity index (χ2n) is 5.02. The van der Waals surface area contributed by atoms with Crippen molar-refractivity contribution in [2.24, 2.45) is 0 Å². The number of nitrogens with zero attached hydrogens (tertiary/aromatic N) is 2. The average molecular weight is 242 g/mol.